The topological polar surface area (TPSA) is 84.5 Å². The molecule has 0 saturated carbocycles. The molecule has 0 fully saturated rings. The second-order valence-corrected chi connectivity index (χ2v) is 8.63. The third-order valence-electron chi connectivity index (χ3n) is 4.21. The molecule has 0 aliphatic carbocycles. The predicted octanol–water partition coefficient (Wildman–Crippen LogP) is 3.51. The van der Waals surface area contributed by atoms with Crippen LogP contribution in [0.4, 0.5) is 0 Å². The zero-order chi connectivity index (χ0) is 21.4. The van der Waals surface area contributed by atoms with Gasteiger partial charge in [0.25, 0.3) is 5.91 Å². The molecule has 2 N–H and O–H groups in total. The first-order chi connectivity index (χ1) is 14.4. The standard InChI is InChI=1S/C22H21ClN2O4S/c23-20-13-19(30(27,28)25-15-18-9-5-2-6-10-18)11-12-21(20)29-16-22(26)24-14-17-7-3-1-4-8-17/h1-13,25H,14-16H2,(H,24,26). The van der Waals surface area contributed by atoms with Crippen molar-refractivity contribution in [2.45, 2.75) is 18.0 Å². The van der Waals surface area contributed by atoms with Gasteiger partial charge < -0.3 is 10.1 Å². The second kappa shape index (κ2) is 10.2. The minimum Gasteiger partial charge on any atom is -0.482 e. The molecular formula is C22H21ClN2O4S. The Bertz CT molecular complexity index is 1090. The highest BCUT2D eigenvalue weighted by atomic mass is 35.5. The first-order valence-electron chi connectivity index (χ1n) is 9.20. The van der Waals surface area contributed by atoms with Crippen LogP contribution < -0.4 is 14.8 Å². The molecule has 0 aromatic heterocycles. The van der Waals surface area contributed by atoms with Gasteiger partial charge in [-0.05, 0) is 29.3 Å². The Kier molecular flexibility index (Phi) is 7.46. The minimum absolute atomic E-state index is 0.0179. The van der Waals surface area contributed by atoms with Crippen molar-refractivity contribution in [1.82, 2.24) is 10.0 Å². The van der Waals surface area contributed by atoms with Crippen LogP contribution in [0.3, 0.4) is 0 Å². The van der Waals surface area contributed by atoms with E-state index in [2.05, 4.69) is 10.0 Å². The average Bonchev–Trinajstić information content (AvgIpc) is 2.77. The van der Waals surface area contributed by atoms with Gasteiger partial charge >= 0.3 is 0 Å². The zero-order valence-electron chi connectivity index (χ0n) is 16.0. The van der Waals surface area contributed by atoms with Crippen molar-refractivity contribution >= 4 is 27.5 Å². The number of nitrogens with one attached hydrogen (secondary N) is 2. The summed E-state index contributed by atoms with van der Waals surface area (Å²) in [5, 5.41) is 2.85. The van der Waals surface area contributed by atoms with Crippen molar-refractivity contribution in [2.75, 3.05) is 6.61 Å². The van der Waals surface area contributed by atoms with Gasteiger partial charge in [0.1, 0.15) is 5.75 Å². The van der Waals surface area contributed by atoms with Crippen LogP contribution in [0.15, 0.2) is 83.8 Å². The van der Waals surface area contributed by atoms with Gasteiger partial charge in [0.05, 0.1) is 9.92 Å². The Morgan fingerprint density at radius 3 is 2.07 bits per heavy atom. The van der Waals surface area contributed by atoms with Gasteiger partial charge in [-0.15, -0.1) is 0 Å². The molecule has 0 radical (unpaired) electrons. The number of ether oxygens (including phenoxy) is 1. The van der Waals surface area contributed by atoms with E-state index in [0.29, 0.717) is 6.54 Å². The lowest BCUT2D eigenvalue weighted by molar-refractivity contribution is -0.123. The zero-order valence-corrected chi connectivity index (χ0v) is 17.6. The summed E-state index contributed by atoms with van der Waals surface area (Å²) in [6.45, 7) is 0.326. The van der Waals surface area contributed by atoms with E-state index in [-0.39, 0.29) is 34.7 Å². The van der Waals surface area contributed by atoms with Crippen LogP contribution in [0, 0.1) is 0 Å². The Morgan fingerprint density at radius 1 is 0.867 bits per heavy atom. The van der Waals surface area contributed by atoms with Crippen LogP contribution in [-0.2, 0) is 27.9 Å². The fourth-order valence-corrected chi connectivity index (χ4v) is 3.96. The van der Waals surface area contributed by atoms with E-state index in [1.54, 1.807) is 0 Å². The number of halogens is 1. The quantitative estimate of drug-likeness (QED) is 0.529. The smallest absolute Gasteiger partial charge is 0.258 e. The largest absolute Gasteiger partial charge is 0.482 e. The van der Waals surface area contributed by atoms with Crippen LogP contribution in [0.25, 0.3) is 0 Å². The number of benzene rings is 3. The van der Waals surface area contributed by atoms with Crippen LogP contribution in [0.1, 0.15) is 11.1 Å². The molecule has 0 bridgehead atoms. The summed E-state index contributed by atoms with van der Waals surface area (Å²) >= 11 is 6.16. The fourth-order valence-electron chi connectivity index (χ4n) is 2.61. The van der Waals surface area contributed by atoms with Crippen molar-refractivity contribution in [1.29, 1.82) is 0 Å². The molecule has 0 spiro atoms. The Labute approximate surface area is 180 Å². The van der Waals surface area contributed by atoms with E-state index >= 15 is 0 Å². The van der Waals surface area contributed by atoms with Gasteiger partial charge in [0.15, 0.2) is 6.61 Å². The summed E-state index contributed by atoms with van der Waals surface area (Å²) in [6, 6.07) is 22.8. The number of carbonyl (C=O) groups is 1. The highest BCUT2D eigenvalue weighted by molar-refractivity contribution is 7.89. The Morgan fingerprint density at radius 2 is 1.47 bits per heavy atom. The van der Waals surface area contributed by atoms with E-state index in [9.17, 15) is 13.2 Å². The SMILES string of the molecule is O=C(COc1ccc(S(=O)(=O)NCc2ccccc2)cc1Cl)NCc1ccccc1. The van der Waals surface area contributed by atoms with E-state index in [4.69, 9.17) is 16.3 Å². The summed E-state index contributed by atoms with van der Waals surface area (Å²) in [7, 11) is -3.74. The number of amides is 1. The summed E-state index contributed by atoms with van der Waals surface area (Å²) < 4.78 is 32.9. The molecule has 0 saturated heterocycles. The molecule has 8 heteroatoms. The number of rotatable bonds is 9. The highest BCUT2D eigenvalue weighted by Gasteiger charge is 2.16. The van der Waals surface area contributed by atoms with Gasteiger partial charge in [0.2, 0.25) is 10.0 Å². The van der Waals surface area contributed by atoms with Crippen LogP contribution in [0.5, 0.6) is 5.75 Å². The molecule has 0 atom stereocenters. The Balaban J connectivity index is 1.54. The Hall–Kier alpha value is -2.87. The normalized spacial score (nSPS) is 11.1. The van der Waals surface area contributed by atoms with Crippen molar-refractivity contribution < 1.29 is 17.9 Å². The van der Waals surface area contributed by atoms with Gasteiger partial charge in [-0.1, -0.05) is 72.3 Å². The first kappa shape index (κ1) is 21.8. The lowest BCUT2D eigenvalue weighted by Crippen LogP contribution is -2.28. The second-order valence-electron chi connectivity index (χ2n) is 6.45. The van der Waals surface area contributed by atoms with E-state index in [1.807, 2.05) is 60.7 Å². The maximum absolute atomic E-state index is 12.5. The van der Waals surface area contributed by atoms with Crippen LogP contribution >= 0.6 is 11.6 Å². The third kappa shape index (κ3) is 6.32. The summed E-state index contributed by atoms with van der Waals surface area (Å²) in [6.07, 6.45) is 0. The molecule has 0 aliphatic rings. The molecule has 6 nitrogen and oxygen atoms in total. The third-order valence-corrected chi connectivity index (χ3v) is 5.91. The highest BCUT2D eigenvalue weighted by Crippen LogP contribution is 2.27. The van der Waals surface area contributed by atoms with E-state index in [0.717, 1.165) is 11.1 Å². The van der Waals surface area contributed by atoms with Crippen molar-refractivity contribution in [3.63, 3.8) is 0 Å². The van der Waals surface area contributed by atoms with Crippen molar-refractivity contribution in [3.8, 4) is 5.75 Å². The molecular weight excluding hydrogens is 424 g/mol. The van der Waals surface area contributed by atoms with Gasteiger partial charge in [-0.25, -0.2) is 13.1 Å². The maximum Gasteiger partial charge on any atom is 0.258 e. The first-order valence-corrected chi connectivity index (χ1v) is 11.1. The maximum atomic E-state index is 12.5. The molecule has 3 aromatic carbocycles. The fraction of sp³-hybridized carbons (Fsp3) is 0.136. The van der Waals surface area contributed by atoms with Gasteiger partial charge in [-0.2, -0.15) is 0 Å². The number of hydrogen-bond donors (Lipinski definition) is 2. The number of carbonyl (C=O) groups excluding carboxylic acids is 1. The summed E-state index contributed by atoms with van der Waals surface area (Å²) in [5.74, 6) is -0.0790. The molecule has 0 heterocycles. The molecule has 3 aromatic rings. The lowest BCUT2D eigenvalue weighted by atomic mass is 10.2. The molecule has 0 aliphatic heterocycles. The van der Waals surface area contributed by atoms with E-state index in [1.165, 1.54) is 18.2 Å². The monoisotopic (exact) mass is 444 g/mol. The number of hydrogen-bond acceptors (Lipinski definition) is 4. The van der Waals surface area contributed by atoms with Crippen LogP contribution in [0.2, 0.25) is 5.02 Å². The predicted molar refractivity (Wildman–Crippen MR) is 116 cm³/mol. The van der Waals surface area contributed by atoms with Gasteiger partial charge in [0, 0.05) is 13.1 Å². The van der Waals surface area contributed by atoms with Crippen molar-refractivity contribution in [2.24, 2.45) is 0 Å². The van der Waals surface area contributed by atoms with Crippen molar-refractivity contribution in [3.05, 3.63) is 95.0 Å². The number of sulfonamides is 1. The summed E-state index contributed by atoms with van der Waals surface area (Å²) in [4.78, 5) is 12.0. The molecule has 0 unspecified atom stereocenters. The van der Waals surface area contributed by atoms with E-state index < -0.39 is 10.0 Å². The molecule has 1 amide bonds. The molecule has 3 rings (SSSR count). The average molecular weight is 445 g/mol. The molecule has 30 heavy (non-hydrogen) atoms. The van der Waals surface area contributed by atoms with Gasteiger partial charge in [-0.3, -0.25) is 4.79 Å². The van der Waals surface area contributed by atoms with Crippen LogP contribution in [-0.4, -0.2) is 20.9 Å². The minimum atomic E-state index is -3.74. The lowest BCUT2D eigenvalue weighted by Gasteiger charge is -2.11. The summed E-state index contributed by atoms with van der Waals surface area (Å²) in [5.41, 5.74) is 1.81. The molecule has 156 valence electrons.